The van der Waals surface area contributed by atoms with Crippen LogP contribution in [0.2, 0.25) is 0 Å². The highest BCUT2D eigenvalue weighted by molar-refractivity contribution is 7.94. The Bertz CT molecular complexity index is 1450. The molecule has 1 aliphatic heterocycles. The minimum absolute atomic E-state index is 0.00411. The molecule has 0 unspecified atom stereocenters. The third-order valence-electron chi connectivity index (χ3n) is 7.76. The van der Waals surface area contributed by atoms with Crippen molar-refractivity contribution in [3.8, 4) is 6.07 Å². The van der Waals surface area contributed by atoms with Crippen molar-refractivity contribution < 1.29 is 27.5 Å². The third-order valence-corrected chi connectivity index (χ3v) is 11.1. The summed E-state index contributed by atoms with van der Waals surface area (Å²) in [6.07, 6.45) is 1.39. The normalized spacial score (nSPS) is 16.3. The van der Waals surface area contributed by atoms with Crippen LogP contribution in [-0.4, -0.2) is 70.6 Å². The first kappa shape index (κ1) is 28.3. The number of sulfone groups is 1. The standard InChI is InChI=1S/C27H33N5O6S/c1-26(2,11-9-21(33)38-4)39(36,37)27(12-13-27)17-32-14-10-20-22(30-31(3)23(20)25(32)35)24(34)29-16-19-7-5-18(15-28)6-8-19/h5-8H,9-14,16-17H2,1-4H3,(H,29,34). The second-order valence-corrected chi connectivity index (χ2v) is 13.8. The van der Waals surface area contributed by atoms with Crippen molar-refractivity contribution in [1.29, 1.82) is 5.26 Å². The molecule has 2 heterocycles. The van der Waals surface area contributed by atoms with Crippen molar-refractivity contribution >= 4 is 27.6 Å². The molecule has 1 aromatic carbocycles. The SMILES string of the molecule is COC(=O)CCC(C)(C)S(=O)(=O)C1(CN2CCc3c(C(=O)NCc4ccc(C#N)cc4)nn(C)c3C2=O)CC1. The summed E-state index contributed by atoms with van der Waals surface area (Å²) in [7, 11) is -0.830. The van der Waals surface area contributed by atoms with Gasteiger partial charge in [-0.1, -0.05) is 12.1 Å². The van der Waals surface area contributed by atoms with Crippen molar-refractivity contribution in [3.63, 3.8) is 0 Å². The number of amides is 2. The lowest BCUT2D eigenvalue weighted by Crippen LogP contribution is -2.50. The maximum Gasteiger partial charge on any atom is 0.305 e. The minimum atomic E-state index is -3.69. The average molecular weight is 556 g/mol. The largest absolute Gasteiger partial charge is 0.469 e. The molecule has 4 rings (SSSR count). The molecule has 0 atom stereocenters. The Morgan fingerprint density at radius 3 is 2.49 bits per heavy atom. The van der Waals surface area contributed by atoms with E-state index in [2.05, 4.69) is 15.2 Å². The minimum Gasteiger partial charge on any atom is -0.469 e. The molecular weight excluding hydrogens is 522 g/mol. The van der Waals surface area contributed by atoms with Gasteiger partial charge in [-0.25, -0.2) is 8.42 Å². The van der Waals surface area contributed by atoms with Crippen molar-refractivity contribution in [3.05, 3.63) is 52.3 Å². The van der Waals surface area contributed by atoms with E-state index in [1.165, 1.54) is 11.8 Å². The molecule has 208 valence electrons. The number of fused-ring (bicyclic) bond motifs is 1. The predicted molar refractivity (Wildman–Crippen MR) is 141 cm³/mol. The Balaban J connectivity index is 1.47. The van der Waals surface area contributed by atoms with Gasteiger partial charge in [-0.15, -0.1) is 0 Å². The molecule has 2 aromatic rings. The number of nitrogens with zero attached hydrogens (tertiary/aromatic N) is 4. The zero-order valence-electron chi connectivity index (χ0n) is 22.6. The van der Waals surface area contributed by atoms with Gasteiger partial charge in [-0.2, -0.15) is 10.4 Å². The van der Waals surface area contributed by atoms with Crippen molar-refractivity contribution in [2.45, 2.75) is 62.0 Å². The van der Waals surface area contributed by atoms with Crippen molar-refractivity contribution in [1.82, 2.24) is 20.0 Å². The number of ether oxygens (including phenoxy) is 1. The lowest BCUT2D eigenvalue weighted by atomic mass is 10.0. The zero-order valence-corrected chi connectivity index (χ0v) is 23.4. The van der Waals surface area contributed by atoms with Crippen LogP contribution >= 0.6 is 0 Å². The summed E-state index contributed by atoms with van der Waals surface area (Å²) in [5.41, 5.74) is 2.34. The number of carbonyl (C=O) groups is 3. The van der Waals surface area contributed by atoms with Crippen molar-refractivity contribution in [2.24, 2.45) is 7.05 Å². The number of aromatic nitrogens is 2. The molecule has 0 bridgehead atoms. The van der Waals surface area contributed by atoms with Gasteiger partial charge in [0.1, 0.15) is 5.69 Å². The highest BCUT2D eigenvalue weighted by Crippen LogP contribution is 2.50. The van der Waals surface area contributed by atoms with Gasteiger partial charge < -0.3 is 15.0 Å². The molecule has 1 N–H and O–H groups in total. The number of hydrogen-bond donors (Lipinski definition) is 1. The number of rotatable bonds is 10. The van der Waals surface area contributed by atoms with Gasteiger partial charge in [0.05, 0.1) is 28.2 Å². The molecule has 12 heteroatoms. The molecule has 11 nitrogen and oxygen atoms in total. The molecule has 2 amide bonds. The summed E-state index contributed by atoms with van der Waals surface area (Å²) >= 11 is 0. The molecular formula is C27H33N5O6S. The van der Waals surface area contributed by atoms with Gasteiger partial charge >= 0.3 is 5.97 Å². The Morgan fingerprint density at radius 1 is 1.23 bits per heavy atom. The highest BCUT2D eigenvalue weighted by Gasteiger charge is 2.60. The molecule has 0 radical (unpaired) electrons. The van der Waals surface area contributed by atoms with Crippen LogP contribution in [0.15, 0.2) is 24.3 Å². The van der Waals surface area contributed by atoms with E-state index in [4.69, 9.17) is 5.26 Å². The van der Waals surface area contributed by atoms with E-state index in [1.807, 2.05) is 6.07 Å². The zero-order chi connectivity index (χ0) is 28.6. The first-order chi connectivity index (χ1) is 18.4. The van der Waals surface area contributed by atoms with Crippen LogP contribution in [-0.2, 0) is 39.4 Å². The number of benzene rings is 1. The second kappa shape index (κ2) is 10.4. The summed E-state index contributed by atoms with van der Waals surface area (Å²) in [5, 5.41) is 16.1. The first-order valence-corrected chi connectivity index (χ1v) is 14.3. The smallest absolute Gasteiger partial charge is 0.305 e. The maximum absolute atomic E-state index is 13.7. The van der Waals surface area contributed by atoms with Crippen LogP contribution < -0.4 is 5.32 Å². The molecule has 2 aliphatic rings. The molecule has 1 saturated carbocycles. The van der Waals surface area contributed by atoms with Gasteiger partial charge in [0.15, 0.2) is 15.5 Å². The van der Waals surface area contributed by atoms with Gasteiger partial charge in [-0.05, 0) is 57.2 Å². The molecule has 1 fully saturated rings. The van der Waals surface area contributed by atoms with E-state index in [-0.39, 0.29) is 49.8 Å². The fraction of sp³-hybridized carbons (Fsp3) is 0.519. The Morgan fingerprint density at radius 2 is 1.90 bits per heavy atom. The summed E-state index contributed by atoms with van der Waals surface area (Å²) < 4.78 is 31.2. The number of nitrogens with one attached hydrogen (secondary N) is 1. The van der Waals surface area contributed by atoms with Gasteiger partial charge in [0, 0.05) is 38.7 Å². The van der Waals surface area contributed by atoms with Crippen LogP contribution in [0.4, 0.5) is 0 Å². The van der Waals surface area contributed by atoms with E-state index in [1.54, 1.807) is 50.1 Å². The average Bonchev–Trinajstić information content (AvgIpc) is 3.63. The van der Waals surface area contributed by atoms with E-state index < -0.39 is 31.2 Å². The van der Waals surface area contributed by atoms with Crippen LogP contribution in [0.1, 0.15) is 77.2 Å². The predicted octanol–water partition coefficient (Wildman–Crippen LogP) is 1.90. The Labute approximate surface area is 228 Å². The number of hydrogen-bond acceptors (Lipinski definition) is 8. The van der Waals surface area contributed by atoms with E-state index in [0.717, 1.165) is 5.56 Å². The van der Waals surface area contributed by atoms with Crippen LogP contribution in [0, 0.1) is 11.3 Å². The number of esters is 1. The number of aryl methyl sites for hydroxylation is 1. The lowest BCUT2D eigenvalue weighted by molar-refractivity contribution is -0.140. The van der Waals surface area contributed by atoms with E-state index >= 15 is 0 Å². The summed E-state index contributed by atoms with van der Waals surface area (Å²) in [5.74, 6) is -1.23. The van der Waals surface area contributed by atoms with Crippen molar-refractivity contribution in [2.75, 3.05) is 20.2 Å². The maximum atomic E-state index is 13.7. The van der Waals surface area contributed by atoms with Gasteiger partial charge in [0.2, 0.25) is 0 Å². The number of nitriles is 1. The summed E-state index contributed by atoms with van der Waals surface area (Å²) in [6, 6.07) is 8.90. The molecule has 0 saturated heterocycles. The Kier molecular flexibility index (Phi) is 7.58. The quantitative estimate of drug-likeness (QED) is 0.437. The van der Waals surface area contributed by atoms with Crippen LogP contribution in [0.25, 0.3) is 0 Å². The van der Waals surface area contributed by atoms with E-state index in [0.29, 0.717) is 30.4 Å². The molecule has 39 heavy (non-hydrogen) atoms. The fourth-order valence-corrected chi connectivity index (χ4v) is 7.60. The number of carbonyl (C=O) groups excluding carboxylic acids is 3. The van der Waals surface area contributed by atoms with Crippen LogP contribution in [0.3, 0.4) is 0 Å². The molecule has 1 aliphatic carbocycles. The van der Waals surface area contributed by atoms with E-state index in [9.17, 15) is 22.8 Å². The first-order valence-electron chi connectivity index (χ1n) is 12.8. The van der Waals surface area contributed by atoms with Crippen LogP contribution in [0.5, 0.6) is 0 Å². The topological polar surface area (TPSA) is 151 Å². The Hall–Kier alpha value is -3.72. The highest BCUT2D eigenvalue weighted by atomic mass is 32.2. The summed E-state index contributed by atoms with van der Waals surface area (Å²) in [4.78, 5) is 39.6. The number of methoxy groups -OCH3 is 1. The molecule has 1 aromatic heterocycles. The monoisotopic (exact) mass is 555 g/mol. The lowest BCUT2D eigenvalue weighted by Gasteiger charge is -2.35. The van der Waals surface area contributed by atoms with Gasteiger partial charge in [0.25, 0.3) is 11.8 Å². The summed E-state index contributed by atoms with van der Waals surface area (Å²) in [6.45, 7) is 3.80. The third kappa shape index (κ3) is 5.28. The van der Waals surface area contributed by atoms with Gasteiger partial charge in [-0.3, -0.25) is 19.1 Å². The molecule has 0 spiro atoms. The fourth-order valence-electron chi connectivity index (χ4n) is 5.09. The second-order valence-electron chi connectivity index (χ2n) is 10.8.